The fourth-order valence-electron chi connectivity index (χ4n) is 4.49. The van der Waals surface area contributed by atoms with Crippen LogP contribution in [0.1, 0.15) is 58.8 Å². The fourth-order valence-corrected chi connectivity index (χ4v) is 4.49. The highest BCUT2D eigenvalue weighted by Gasteiger charge is 2.41. The lowest BCUT2D eigenvalue weighted by atomic mass is 9.79. The molecular formula is C19H28O4. The molecule has 0 aliphatic heterocycles. The van der Waals surface area contributed by atoms with Crippen molar-refractivity contribution in [1.29, 1.82) is 0 Å². The molecule has 0 aromatic carbocycles. The molecule has 0 aromatic heterocycles. The second-order valence-electron chi connectivity index (χ2n) is 7.91. The minimum Gasteiger partial charge on any atom is -0.457 e. The van der Waals surface area contributed by atoms with Gasteiger partial charge < -0.3 is 9.47 Å². The Kier molecular flexibility index (Phi) is 4.79. The number of hydrogen-bond acceptors (Lipinski definition) is 4. The van der Waals surface area contributed by atoms with Gasteiger partial charge in [-0.3, -0.25) is 4.79 Å². The van der Waals surface area contributed by atoms with Crippen LogP contribution in [0.4, 0.5) is 0 Å². The molecule has 2 bridgehead atoms. The Labute approximate surface area is 138 Å². The van der Waals surface area contributed by atoms with E-state index in [0.717, 1.165) is 25.7 Å². The molecule has 3 atom stereocenters. The lowest BCUT2D eigenvalue weighted by Crippen LogP contribution is -2.39. The first-order valence-electron chi connectivity index (χ1n) is 9.02. The molecule has 0 saturated heterocycles. The van der Waals surface area contributed by atoms with E-state index in [-0.39, 0.29) is 18.5 Å². The fraction of sp³-hybridized carbons (Fsp3) is 0.789. The second-order valence-corrected chi connectivity index (χ2v) is 7.91. The number of carbonyl (C=O) groups excluding carboxylic acids is 2. The number of allylic oxidation sites excluding steroid dienone is 2. The summed E-state index contributed by atoms with van der Waals surface area (Å²) in [5, 5.41) is 0. The maximum Gasteiger partial charge on any atom is 0.344 e. The number of carbonyl (C=O) groups is 2. The van der Waals surface area contributed by atoms with E-state index in [9.17, 15) is 9.59 Å². The Bertz CT molecular complexity index is 488. The highest BCUT2D eigenvalue weighted by atomic mass is 16.6. The average molecular weight is 320 g/mol. The SMILES string of the molecule is CC(C)(OC(=O)COC(=O)C1CC2C=CC1C2)C1CCCCC1. The molecule has 0 aromatic rings. The van der Waals surface area contributed by atoms with Crippen LogP contribution in [0.15, 0.2) is 12.2 Å². The monoisotopic (exact) mass is 320 g/mol. The van der Waals surface area contributed by atoms with Gasteiger partial charge >= 0.3 is 11.9 Å². The Morgan fingerprint density at radius 1 is 1.09 bits per heavy atom. The van der Waals surface area contributed by atoms with Crippen molar-refractivity contribution in [3.8, 4) is 0 Å². The molecule has 3 aliphatic rings. The van der Waals surface area contributed by atoms with Gasteiger partial charge in [-0.1, -0.05) is 31.4 Å². The first-order chi connectivity index (χ1) is 11.0. The molecule has 0 amide bonds. The zero-order chi connectivity index (χ0) is 16.4. The summed E-state index contributed by atoms with van der Waals surface area (Å²) in [5.74, 6) is 0.509. The third kappa shape index (κ3) is 3.78. The summed E-state index contributed by atoms with van der Waals surface area (Å²) in [6, 6.07) is 0. The topological polar surface area (TPSA) is 52.6 Å². The van der Waals surface area contributed by atoms with Crippen LogP contribution in [-0.4, -0.2) is 24.1 Å². The Morgan fingerprint density at radius 3 is 2.43 bits per heavy atom. The lowest BCUT2D eigenvalue weighted by Gasteiger charge is -2.36. The molecule has 0 N–H and O–H groups in total. The molecule has 2 fully saturated rings. The Hall–Kier alpha value is -1.32. The smallest absolute Gasteiger partial charge is 0.344 e. The van der Waals surface area contributed by atoms with Crippen molar-refractivity contribution in [2.75, 3.05) is 6.61 Å². The molecule has 0 spiro atoms. The molecule has 0 heterocycles. The van der Waals surface area contributed by atoms with Gasteiger partial charge in [-0.25, -0.2) is 4.79 Å². The number of hydrogen-bond donors (Lipinski definition) is 0. The minimum atomic E-state index is -0.473. The van der Waals surface area contributed by atoms with E-state index < -0.39 is 11.6 Å². The third-order valence-electron chi connectivity index (χ3n) is 5.88. The number of rotatable bonds is 5. The van der Waals surface area contributed by atoms with Gasteiger partial charge in [0.1, 0.15) is 5.60 Å². The van der Waals surface area contributed by atoms with Gasteiger partial charge in [0.15, 0.2) is 6.61 Å². The largest absolute Gasteiger partial charge is 0.457 e. The summed E-state index contributed by atoms with van der Waals surface area (Å²) in [6.07, 6.45) is 12.1. The van der Waals surface area contributed by atoms with Crippen LogP contribution in [0, 0.1) is 23.7 Å². The van der Waals surface area contributed by atoms with E-state index in [0.29, 0.717) is 17.8 Å². The van der Waals surface area contributed by atoms with Gasteiger partial charge in [-0.2, -0.15) is 0 Å². The van der Waals surface area contributed by atoms with Crippen LogP contribution in [0.5, 0.6) is 0 Å². The predicted octanol–water partition coefficient (Wildman–Crippen LogP) is 3.64. The van der Waals surface area contributed by atoms with Crippen molar-refractivity contribution < 1.29 is 19.1 Å². The van der Waals surface area contributed by atoms with Crippen LogP contribution < -0.4 is 0 Å². The highest BCUT2D eigenvalue weighted by molar-refractivity contribution is 5.78. The normalized spacial score (nSPS) is 30.4. The highest BCUT2D eigenvalue weighted by Crippen LogP contribution is 2.43. The van der Waals surface area contributed by atoms with E-state index in [1.54, 1.807) is 0 Å². The van der Waals surface area contributed by atoms with Crippen LogP contribution >= 0.6 is 0 Å². The predicted molar refractivity (Wildman–Crippen MR) is 86.5 cm³/mol. The third-order valence-corrected chi connectivity index (χ3v) is 5.88. The summed E-state index contributed by atoms with van der Waals surface area (Å²) in [5.41, 5.74) is -0.473. The lowest BCUT2D eigenvalue weighted by molar-refractivity contribution is -0.174. The van der Waals surface area contributed by atoms with E-state index in [1.807, 2.05) is 13.8 Å². The number of ether oxygens (including phenoxy) is 2. The van der Waals surface area contributed by atoms with Crippen molar-refractivity contribution in [3.63, 3.8) is 0 Å². The summed E-state index contributed by atoms with van der Waals surface area (Å²) in [6.45, 7) is 3.69. The summed E-state index contributed by atoms with van der Waals surface area (Å²) in [4.78, 5) is 24.2. The van der Waals surface area contributed by atoms with E-state index >= 15 is 0 Å². The molecular weight excluding hydrogens is 292 g/mol. The van der Waals surface area contributed by atoms with Gasteiger partial charge in [0, 0.05) is 0 Å². The maximum atomic E-state index is 12.1. The van der Waals surface area contributed by atoms with Crippen molar-refractivity contribution in [2.45, 2.75) is 64.4 Å². The molecule has 2 saturated carbocycles. The summed E-state index contributed by atoms with van der Waals surface area (Å²) in [7, 11) is 0. The van der Waals surface area contributed by atoms with Crippen molar-refractivity contribution in [2.24, 2.45) is 23.7 Å². The van der Waals surface area contributed by atoms with Gasteiger partial charge in [0.25, 0.3) is 0 Å². The van der Waals surface area contributed by atoms with Crippen molar-refractivity contribution >= 4 is 11.9 Å². The Morgan fingerprint density at radius 2 is 1.83 bits per heavy atom. The second kappa shape index (κ2) is 6.66. The zero-order valence-electron chi connectivity index (χ0n) is 14.3. The molecule has 4 nitrogen and oxygen atoms in total. The Balaban J connectivity index is 1.44. The zero-order valence-corrected chi connectivity index (χ0v) is 14.3. The molecule has 3 rings (SSSR count). The van der Waals surface area contributed by atoms with E-state index in [1.165, 1.54) is 19.3 Å². The molecule has 3 aliphatic carbocycles. The van der Waals surface area contributed by atoms with Gasteiger partial charge in [0.2, 0.25) is 0 Å². The van der Waals surface area contributed by atoms with Crippen LogP contribution in [0.25, 0.3) is 0 Å². The van der Waals surface area contributed by atoms with Crippen molar-refractivity contribution in [3.05, 3.63) is 12.2 Å². The van der Waals surface area contributed by atoms with Crippen LogP contribution in [0.3, 0.4) is 0 Å². The van der Waals surface area contributed by atoms with Gasteiger partial charge in [-0.15, -0.1) is 0 Å². The van der Waals surface area contributed by atoms with Crippen LogP contribution in [-0.2, 0) is 19.1 Å². The molecule has 128 valence electrons. The standard InChI is InChI=1S/C19H28O4/c1-19(2,15-6-4-3-5-7-15)23-17(20)12-22-18(21)16-11-13-8-9-14(16)10-13/h8-9,13-16H,3-7,10-12H2,1-2H3. The summed E-state index contributed by atoms with van der Waals surface area (Å²) >= 11 is 0. The molecule has 3 unspecified atom stereocenters. The van der Waals surface area contributed by atoms with Gasteiger partial charge in [0.05, 0.1) is 5.92 Å². The van der Waals surface area contributed by atoms with Crippen molar-refractivity contribution in [1.82, 2.24) is 0 Å². The maximum absolute atomic E-state index is 12.1. The van der Waals surface area contributed by atoms with E-state index in [2.05, 4.69) is 12.2 Å². The first kappa shape index (κ1) is 16.5. The molecule has 0 radical (unpaired) electrons. The number of fused-ring (bicyclic) bond motifs is 2. The van der Waals surface area contributed by atoms with Gasteiger partial charge in [-0.05, 0) is 57.3 Å². The van der Waals surface area contributed by atoms with Crippen LogP contribution in [0.2, 0.25) is 0 Å². The minimum absolute atomic E-state index is 0.0656. The quantitative estimate of drug-likeness (QED) is 0.573. The number of esters is 2. The molecule has 23 heavy (non-hydrogen) atoms. The summed E-state index contributed by atoms with van der Waals surface area (Å²) < 4.78 is 10.8. The average Bonchev–Trinajstić information content (AvgIpc) is 3.16. The van der Waals surface area contributed by atoms with E-state index in [4.69, 9.17) is 9.47 Å². The first-order valence-corrected chi connectivity index (χ1v) is 9.02. The molecule has 4 heteroatoms.